The van der Waals surface area contributed by atoms with Crippen LogP contribution < -0.4 is 5.14 Å². The summed E-state index contributed by atoms with van der Waals surface area (Å²) in [4.78, 5) is 0. The van der Waals surface area contributed by atoms with Crippen LogP contribution in [0, 0.1) is 11.3 Å². The van der Waals surface area contributed by atoms with E-state index in [9.17, 15) is 8.42 Å². The Kier molecular flexibility index (Phi) is 1.46. The SMILES string of the molecule is N#CCC1(S(N)(=O)=O)CC1. The van der Waals surface area contributed by atoms with Gasteiger partial charge in [0.05, 0.1) is 17.2 Å². The topological polar surface area (TPSA) is 83.9 Å². The second-order valence-electron chi connectivity index (χ2n) is 2.56. The van der Waals surface area contributed by atoms with Crippen molar-refractivity contribution >= 4 is 10.0 Å². The molecule has 1 saturated carbocycles. The Balaban J connectivity index is 2.83. The van der Waals surface area contributed by atoms with E-state index < -0.39 is 14.8 Å². The number of primary sulfonamides is 1. The van der Waals surface area contributed by atoms with Crippen molar-refractivity contribution in [2.24, 2.45) is 5.14 Å². The molecule has 1 rings (SSSR count). The van der Waals surface area contributed by atoms with Gasteiger partial charge < -0.3 is 0 Å². The number of hydrogen-bond donors (Lipinski definition) is 1. The van der Waals surface area contributed by atoms with Crippen molar-refractivity contribution in [3.8, 4) is 6.07 Å². The molecule has 0 unspecified atom stereocenters. The van der Waals surface area contributed by atoms with E-state index in [4.69, 9.17) is 10.4 Å². The van der Waals surface area contributed by atoms with Gasteiger partial charge in [-0.1, -0.05) is 0 Å². The Morgan fingerprint density at radius 1 is 1.60 bits per heavy atom. The summed E-state index contributed by atoms with van der Waals surface area (Å²) in [5.41, 5.74) is 0. The Morgan fingerprint density at radius 2 is 2.10 bits per heavy atom. The number of rotatable bonds is 2. The minimum atomic E-state index is -3.48. The van der Waals surface area contributed by atoms with Crippen molar-refractivity contribution in [3.63, 3.8) is 0 Å². The molecule has 1 aliphatic carbocycles. The van der Waals surface area contributed by atoms with Gasteiger partial charge in [0.15, 0.2) is 0 Å². The third-order valence-electron chi connectivity index (χ3n) is 1.81. The first-order chi connectivity index (χ1) is 4.52. The zero-order valence-electron chi connectivity index (χ0n) is 5.37. The molecule has 0 aliphatic heterocycles. The van der Waals surface area contributed by atoms with E-state index in [0.29, 0.717) is 12.8 Å². The fourth-order valence-corrected chi connectivity index (χ4v) is 1.78. The predicted octanol–water partition coefficient (Wildman–Crippen LogP) is -0.279. The molecule has 4 nitrogen and oxygen atoms in total. The molecule has 5 heteroatoms. The summed E-state index contributed by atoms with van der Waals surface area (Å²) in [5, 5.41) is 13.1. The fraction of sp³-hybridized carbons (Fsp3) is 0.800. The third-order valence-corrected chi connectivity index (χ3v) is 3.57. The van der Waals surface area contributed by atoms with Gasteiger partial charge in [-0.05, 0) is 12.8 Å². The first-order valence-electron chi connectivity index (χ1n) is 2.91. The first-order valence-corrected chi connectivity index (χ1v) is 4.46. The van der Waals surface area contributed by atoms with Crippen molar-refractivity contribution in [2.75, 3.05) is 0 Å². The molecule has 0 aromatic heterocycles. The minimum absolute atomic E-state index is 0.0336. The predicted molar refractivity (Wildman–Crippen MR) is 35.3 cm³/mol. The van der Waals surface area contributed by atoms with E-state index in [0.717, 1.165) is 0 Å². The lowest BCUT2D eigenvalue weighted by Crippen LogP contribution is -2.29. The Hall–Kier alpha value is -0.600. The molecule has 0 heterocycles. The van der Waals surface area contributed by atoms with Gasteiger partial charge in [0.2, 0.25) is 10.0 Å². The Labute approximate surface area is 59.7 Å². The number of hydrogen-bond acceptors (Lipinski definition) is 3. The summed E-state index contributed by atoms with van der Waals surface area (Å²) < 4.78 is 20.6. The monoisotopic (exact) mass is 160 g/mol. The van der Waals surface area contributed by atoms with Crippen molar-refractivity contribution in [2.45, 2.75) is 24.0 Å². The lowest BCUT2D eigenvalue weighted by Gasteiger charge is -2.05. The molecule has 0 aromatic rings. The van der Waals surface area contributed by atoms with Crippen molar-refractivity contribution in [1.29, 1.82) is 5.26 Å². The molecule has 0 spiro atoms. The van der Waals surface area contributed by atoms with Crippen LogP contribution in [0.15, 0.2) is 0 Å². The summed E-state index contributed by atoms with van der Waals surface area (Å²) in [7, 11) is -3.48. The second-order valence-corrected chi connectivity index (χ2v) is 4.52. The van der Waals surface area contributed by atoms with E-state index in [2.05, 4.69) is 0 Å². The quantitative estimate of drug-likeness (QED) is 0.603. The van der Waals surface area contributed by atoms with Gasteiger partial charge >= 0.3 is 0 Å². The molecule has 0 aromatic carbocycles. The number of nitriles is 1. The van der Waals surface area contributed by atoms with Crippen LogP contribution in [0.5, 0.6) is 0 Å². The second kappa shape index (κ2) is 1.94. The summed E-state index contributed by atoms with van der Waals surface area (Å²) in [5.74, 6) is 0. The molecule has 1 fully saturated rings. The summed E-state index contributed by atoms with van der Waals surface area (Å²) in [6, 6.07) is 1.82. The summed E-state index contributed by atoms with van der Waals surface area (Å²) >= 11 is 0. The highest BCUT2D eigenvalue weighted by molar-refractivity contribution is 7.90. The van der Waals surface area contributed by atoms with Crippen molar-refractivity contribution in [3.05, 3.63) is 0 Å². The third kappa shape index (κ3) is 1.00. The van der Waals surface area contributed by atoms with E-state index in [1.807, 2.05) is 6.07 Å². The molecule has 0 radical (unpaired) electrons. The standard InChI is InChI=1S/C5H8N2O2S/c6-4-3-5(1-2-5)10(7,8)9/h1-3H2,(H2,7,8,9). The van der Waals surface area contributed by atoms with Crippen LogP contribution in [-0.2, 0) is 10.0 Å². The number of nitrogens with zero attached hydrogens (tertiary/aromatic N) is 1. The van der Waals surface area contributed by atoms with Gasteiger partial charge in [-0.2, -0.15) is 5.26 Å². The summed E-state index contributed by atoms with van der Waals surface area (Å²) in [6.45, 7) is 0. The zero-order chi connectivity index (χ0) is 7.83. The van der Waals surface area contributed by atoms with Gasteiger partial charge in [0.1, 0.15) is 0 Å². The highest BCUT2D eigenvalue weighted by atomic mass is 32.2. The first kappa shape index (κ1) is 7.51. The lowest BCUT2D eigenvalue weighted by atomic mass is 10.3. The summed E-state index contributed by atoms with van der Waals surface area (Å²) in [6.07, 6.45) is 1.12. The van der Waals surface area contributed by atoms with Gasteiger partial charge in [-0.25, -0.2) is 13.6 Å². The molecule has 0 amide bonds. The van der Waals surface area contributed by atoms with Crippen LogP contribution in [0.25, 0.3) is 0 Å². The lowest BCUT2D eigenvalue weighted by molar-refractivity contribution is 0.579. The average Bonchev–Trinajstić information content (AvgIpc) is 2.45. The zero-order valence-corrected chi connectivity index (χ0v) is 6.19. The minimum Gasteiger partial charge on any atom is -0.228 e. The molecule has 0 saturated heterocycles. The van der Waals surface area contributed by atoms with Crippen LogP contribution in [-0.4, -0.2) is 13.2 Å². The molecule has 2 N–H and O–H groups in total. The number of nitrogens with two attached hydrogens (primary N) is 1. The molecule has 0 atom stereocenters. The van der Waals surface area contributed by atoms with E-state index in [1.165, 1.54) is 0 Å². The molecule has 1 aliphatic rings. The highest BCUT2D eigenvalue weighted by Crippen LogP contribution is 2.44. The largest absolute Gasteiger partial charge is 0.228 e. The van der Waals surface area contributed by atoms with Gasteiger partial charge in [0, 0.05) is 0 Å². The molecular weight excluding hydrogens is 152 g/mol. The maximum absolute atomic E-state index is 10.7. The van der Waals surface area contributed by atoms with E-state index in [-0.39, 0.29) is 6.42 Å². The van der Waals surface area contributed by atoms with E-state index in [1.54, 1.807) is 0 Å². The molecular formula is C5H8N2O2S. The smallest absolute Gasteiger partial charge is 0.215 e. The Bertz CT molecular complexity index is 271. The van der Waals surface area contributed by atoms with Crippen LogP contribution in [0.4, 0.5) is 0 Å². The van der Waals surface area contributed by atoms with Gasteiger partial charge in [-0.15, -0.1) is 0 Å². The maximum atomic E-state index is 10.7. The van der Waals surface area contributed by atoms with Crippen LogP contribution >= 0.6 is 0 Å². The normalized spacial score (nSPS) is 21.6. The fourth-order valence-electron chi connectivity index (χ4n) is 0.845. The van der Waals surface area contributed by atoms with Crippen LogP contribution in [0.3, 0.4) is 0 Å². The maximum Gasteiger partial charge on any atom is 0.215 e. The molecule has 10 heavy (non-hydrogen) atoms. The Morgan fingerprint density at radius 3 is 2.20 bits per heavy atom. The van der Waals surface area contributed by atoms with Gasteiger partial charge in [0.25, 0.3) is 0 Å². The highest BCUT2D eigenvalue weighted by Gasteiger charge is 2.52. The van der Waals surface area contributed by atoms with Crippen LogP contribution in [0.2, 0.25) is 0 Å². The van der Waals surface area contributed by atoms with Crippen molar-refractivity contribution < 1.29 is 8.42 Å². The van der Waals surface area contributed by atoms with Crippen molar-refractivity contribution in [1.82, 2.24) is 0 Å². The van der Waals surface area contributed by atoms with Crippen LogP contribution in [0.1, 0.15) is 19.3 Å². The number of sulfonamides is 1. The molecule has 56 valence electrons. The van der Waals surface area contributed by atoms with Gasteiger partial charge in [-0.3, -0.25) is 0 Å². The van der Waals surface area contributed by atoms with E-state index >= 15 is 0 Å². The average molecular weight is 160 g/mol. The molecule has 0 bridgehead atoms.